The Bertz CT molecular complexity index is 568. The average molecular weight is 349 g/mol. The highest BCUT2D eigenvalue weighted by Gasteiger charge is 2.63. The van der Waals surface area contributed by atoms with E-state index < -0.39 is 5.60 Å². The van der Waals surface area contributed by atoms with Crippen molar-refractivity contribution >= 4 is 5.97 Å². The summed E-state index contributed by atoms with van der Waals surface area (Å²) in [5.41, 5.74) is -0.150. The molecule has 0 amide bonds. The van der Waals surface area contributed by atoms with Gasteiger partial charge in [0, 0.05) is 6.92 Å². The van der Waals surface area contributed by atoms with Crippen LogP contribution in [-0.4, -0.2) is 23.3 Å². The minimum Gasteiger partial charge on any atom is -0.459 e. The lowest BCUT2D eigenvalue weighted by Gasteiger charge is -2.66. The highest BCUT2D eigenvalue weighted by Crippen LogP contribution is 2.65. The van der Waals surface area contributed by atoms with Gasteiger partial charge in [0.2, 0.25) is 0 Å². The Labute approximate surface area is 153 Å². The summed E-state index contributed by atoms with van der Waals surface area (Å²) >= 11 is 0. The summed E-state index contributed by atoms with van der Waals surface area (Å²) < 4.78 is 12.4. The summed E-state index contributed by atoms with van der Waals surface area (Å²) in [6, 6.07) is 0. The molecule has 0 aromatic heterocycles. The van der Waals surface area contributed by atoms with Crippen molar-refractivity contribution < 1.29 is 14.3 Å². The molecule has 1 aliphatic heterocycles. The number of ether oxygens (including phenoxy) is 2. The van der Waals surface area contributed by atoms with E-state index in [9.17, 15) is 4.79 Å². The topological polar surface area (TPSA) is 35.5 Å². The molecule has 3 fully saturated rings. The number of hydrogen-bond donors (Lipinski definition) is 0. The number of carbonyl (C=O) groups excluding carboxylic acids is 1. The van der Waals surface area contributed by atoms with Crippen LogP contribution in [0.1, 0.15) is 80.1 Å². The maximum atomic E-state index is 11.7. The molecule has 0 N–H and O–H groups in total. The minimum absolute atomic E-state index is 0.168. The third-order valence-corrected chi connectivity index (χ3v) is 7.99. The van der Waals surface area contributed by atoms with Gasteiger partial charge in [0.15, 0.2) is 0 Å². The van der Waals surface area contributed by atoms with Crippen molar-refractivity contribution in [3.63, 3.8) is 0 Å². The SMILES string of the molecule is C=C[C@]1(C)O[C@@]2(C)CC[C@@H]3C(C)(C)CCC[C@@]3(C)[C@@H]2C[C@H]1OC(C)=O. The fraction of sp³-hybridized carbons (Fsp3) is 0.864. The van der Waals surface area contributed by atoms with Crippen molar-refractivity contribution in [3.8, 4) is 0 Å². The molecule has 3 heteroatoms. The van der Waals surface area contributed by atoms with Crippen LogP contribution in [0.25, 0.3) is 0 Å². The van der Waals surface area contributed by atoms with Gasteiger partial charge >= 0.3 is 5.97 Å². The first kappa shape index (κ1) is 18.9. The standard InChI is InChI=1S/C22H36O3/c1-8-21(6)18(24-15(2)23)14-17-20(5)12-9-11-19(3,4)16(20)10-13-22(17,7)25-21/h8,16-18H,1,9-14H2,2-7H3/t16-,17+,18-,20-,21+,22+/m1/s1. The van der Waals surface area contributed by atoms with Crippen LogP contribution in [0.5, 0.6) is 0 Å². The van der Waals surface area contributed by atoms with E-state index in [2.05, 4.69) is 34.3 Å². The van der Waals surface area contributed by atoms with Crippen LogP contribution in [0.4, 0.5) is 0 Å². The second-order valence-electron chi connectivity index (χ2n) is 10.1. The lowest BCUT2D eigenvalue weighted by atomic mass is 9.44. The van der Waals surface area contributed by atoms with Crippen molar-refractivity contribution in [1.82, 2.24) is 0 Å². The third kappa shape index (κ3) is 2.87. The largest absolute Gasteiger partial charge is 0.459 e. The normalized spacial score (nSPS) is 48.8. The monoisotopic (exact) mass is 348 g/mol. The van der Waals surface area contributed by atoms with Crippen molar-refractivity contribution in [1.29, 1.82) is 0 Å². The van der Waals surface area contributed by atoms with Gasteiger partial charge in [-0.15, -0.1) is 6.58 Å². The first-order valence-electron chi connectivity index (χ1n) is 9.98. The maximum Gasteiger partial charge on any atom is 0.303 e. The van der Waals surface area contributed by atoms with E-state index in [1.807, 2.05) is 13.0 Å². The number of hydrogen-bond acceptors (Lipinski definition) is 3. The molecule has 142 valence electrons. The Morgan fingerprint density at radius 1 is 1.12 bits per heavy atom. The highest BCUT2D eigenvalue weighted by atomic mass is 16.6. The Hall–Kier alpha value is -0.830. The molecular weight excluding hydrogens is 312 g/mol. The van der Waals surface area contributed by atoms with E-state index in [4.69, 9.17) is 9.47 Å². The molecule has 3 rings (SSSR count). The Kier molecular flexibility index (Phi) is 4.42. The van der Waals surface area contributed by atoms with Crippen LogP contribution in [-0.2, 0) is 14.3 Å². The molecule has 1 saturated heterocycles. The second-order valence-corrected chi connectivity index (χ2v) is 10.1. The summed E-state index contributed by atoms with van der Waals surface area (Å²) in [4.78, 5) is 11.7. The molecule has 3 aliphatic rings. The molecule has 0 bridgehead atoms. The van der Waals surface area contributed by atoms with E-state index in [1.54, 1.807) is 0 Å². The second kappa shape index (κ2) is 5.84. The predicted octanol–water partition coefficient (Wildman–Crippen LogP) is 5.28. The van der Waals surface area contributed by atoms with Crippen molar-refractivity contribution in [2.45, 2.75) is 97.4 Å². The lowest BCUT2D eigenvalue weighted by molar-refractivity contribution is -0.284. The van der Waals surface area contributed by atoms with Gasteiger partial charge in [0.25, 0.3) is 0 Å². The van der Waals surface area contributed by atoms with Gasteiger partial charge in [-0.3, -0.25) is 4.79 Å². The van der Waals surface area contributed by atoms with Crippen molar-refractivity contribution in [3.05, 3.63) is 12.7 Å². The number of rotatable bonds is 2. The average Bonchev–Trinajstić information content (AvgIpc) is 2.47. The van der Waals surface area contributed by atoms with Crippen LogP contribution in [0.3, 0.4) is 0 Å². The third-order valence-electron chi connectivity index (χ3n) is 7.99. The molecule has 6 atom stereocenters. The quantitative estimate of drug-likeness (QED) is 0.503. The minimum atomic E-state index is -0.607. The van der Waals surface area contributed by atoms with Gasteiger partial charge in [0.1, 0.15) is 11.7 Å². The zero-order valence-electron chi connectivity index (χ0n) is 17.0. The molecule has 0 radical (unpaired) electrons. The fourth-order valence-electron chi connectivity index (χ4n) is 6.80. The summed E-state index contributed by atoms with van der Waals surface area (Å²) in [5, 5.41) is 0. The lowest BCUT2D eigenvalue weighted by Crippen LogP contribution is -2.66. The van der Waals surface area contributed by atoms with Crippen molar-refractivity contribution in [2.75, 3.05) is 0 Å². The zero-order chi connectivity index (χ0) is 18.7. The van der Waals surface area contributed by atoms with Crippen LogP contribution in [0.15, 0.2) is 12.7 Å². The molecule has 0 aromatic carbocycles. The molecule has 1 heterocycles. The van der Waals surface area contributed by atoms with Gasteiger partial charge in [0.05, 0.1) is 5.60 Å². The first-order valence-corrected chi connectivity index (χ1v) is 9.98. The highest BCUT2D eigenvalue weighted by molar-refractivity contribution is 5.66. The van der Waals surface area contributed by atoms with E-state index in [1.165, 1.54) is 32.6 Å². The molecular formula is C22H36O3. The summed E-state index contributed by atoms with van der Waals surface area (Å²) in [6.45, 7) is 17.2. The van der Waals surface area contributed by atoms with Crippen LogP contribution in [0.2, 0.25) is 0 Å². The molecule has 0 aromatic rings. The van der Waals surface area contributed by atoms with Gasteiger partial charge in [-0.25, -0.2) is 0 Å². The summed E-state index contributed by atoms with van der Waals surface area (Å²) in [5.74, 6) is 0.893. The summed E-state index contributed by atoms with van der Waals surface area (Å²) in [6.07, 6.45) is 8.62. The van der Waals surface area contributed by atoms with Gasteiger partial charge in [-0.1, -0.05) is 33.3 Å². The van der Waals surface area contributed by atoms with E-state index in [0.717, 1.165) is 12.8 Å². The maximum absolute atomic E-state index is 11.7. The molecule has 0 spiro atoms. The van der Waals surface area contributed by atoms with E-state index >= 15 is 0 Å². The first-order chi connectivity index (χ1) is 11.5. The molecule has 2 aliphatic carbocycles. The fourth-order valence-corrected chi connectivity index (χ4v) is 6.80. The molecule has 2 saturated carbocycles. The van der Waals surface area contributed by atoms with E-state index in [0.29, 0.717) is 17.3 Å². The molecule has 0 unspecified atom stereocenters. The zero-order valence-corrected chi connectivity index (χ0v) is 17.0. The Morgan fingerprint density at radius 3 is 2.40 bits per heavy atom. The molecule has 3 nitrogen and oxygen atoms in total. The van der Waals surface area contributed by atoms with Crippen LogP contribution < -0.4 is 0 Å². The van der Waals surface area contributed by atoms with Crippen molar-refractivity contribution in [2.24, 2.45) is 22.7 Å². The summed E-state index contributed by atoms with van der Waals surface area (Å²) in [7, 11) is 0. The van der Waals surface area contributed by atoms with Gasteiger partial charge in [-0.05, 0) is 68.6 Å². The Balaban J connectivity index is 1.99. The smallest absolute Gasteiger partial charge is 0.303 e. The van der Waals surface area contributed by atoms with Crippen LogP contribution >= 0.6 is 0 Å². The number of fused-ring (bicyclic) bond motifs is 3. The van der Waals surface area contributed by atoms with Crippen LogP contribution in [0, 0.1) is 22.7 Å². The molecule has 25 heavy (non-hydrogen) atoms. The van der Waals surface area contributed by atoms with E-state index in [-0.39, 0.29) is 23.1 Å². The van der Waals surface area contributed by atoms with Gasteiger partial charge in [-0.2, -0.15) is 0 Å². The van der Waals surface area contributed by atoms with Gasteiger partial charge < -0.3 is 9.47 Å². The predicted molar refractivity (Wildman–Crippen MR) is 100 cm³/mol. The number of carbonyl (C=O) groups is 1. The Morgan fingerprint density at radius 2 is 1.80 bits per heavy atom. The number of esters is 1.